The molecule has 2 rings (SSSR count). The fourth-order valence-electron chi connectivity index (χ4n) is 1.43. The van der Waals surface area contributed by atoms with Crippen molar-refractivity contribution in [2.45, 2.75) is 0 Å². The van der Waals surface area contributed by atoms with E-state index in [1.54, 1.807) is 13.2 Å². The summed E-state index contributed by atoms with van der Waals surface area (Å²) < 4.78 is 0. The van der Waals surface area contributed by atoms with Gasteiger partial charge in [-0.2, -0.15) is 0 Å². The zero-order valence-electron chi connectivity index (χ0n) is 8.94. The van der Waals surface area contributed by atoms with Crippen LogP contribution in [0, 0.1) is 0 Å². The Balaban J connectivity index is 2.32. The van der Waals surface area contributed by atoms with Gasteiger partial charge in [-0.3, -0.25) is 15.4 Å². The maximum Gasteiger partial charge on any atom is 0.210 e. The number of benzene rings is 1. The highest BCUT2D eigenvalue weighted by Crippen LogP contribution is 2.15. The first-order chi connectivity index (χ1) is 7.83. The fraction of sp³-hybridized carbons (Fsp3) is 0.0909. The lowest BCUT2D eigenvalue weighted by Crippen LogP contribution is -2.36. The molecule has 5 heteroatoms. The monoisotopic (exact) mass is 215 g/mol. The quantitative estimate of drug-likeness (QED) is 0.288. The predicted octanol–water partition coefficient (Wildman–Crippen LogP) is 1.10. The van der Waals surface area contributed by atoms with Crippen LogP contribution in [0.25, 0.3) is 10.9 Å². The van der Waals surface area contributed by atoms with Gasteiger partial charge in [-0.05, 0) is 12.1 Å². The molecule has 0 radical (unpaired) electrons. The molecule has 0 aliphatic carbocycles. The summed E-state index contributed by atoms with van der Waals surface area (Å²) >= 11 is 0. The molecule has 5 nitrogen and oxygen atoms in total. The van der Waals surface area contributed by atoms with E-state index in [1.165, 1.54) is 0 Å². The highest BCUT2D eigenvalue weighted by molar-refractivity contribution is 5.94. The SMILES string of the molecule is CN=C(NN)Nc1cnc2ccccc2c1. The maximum absolute atomic E-state index is 5.28. The van der Waals surface area contributed by atoms with Crippen molar-refractivity contribution >= 4 is 22.5 Å². The number of hydrazine groups is 1. The molecule has 0 spiro atoms. The summed E-state index contributed by atoms with van der Waals surface area (Å²) in [6.07, 6.45) is 1.74. The van der Waals surface area contributed by atoms with Crippen LogP contribution in [0.5, 0.6) is 0 Å². The number of nitrogens with one attached hydrogen (secondary N) is 2. The van der Waals surface area contributed by atoms with E-state index in [0.717, 1.165) is 16.6 Å². The van der Waals surface area contributed by atoms with Crippen LogP contribution in [0.4, 0.5) is 5.69 Å². The minimum absolute atomic E-state index is 0.497. The topological polar surface area (TPSA) is 75.3 Å². The van der Waals surface area contributed by atoms with E-state index < -0.39 is 0 Å². The molecule has 16 heavy (non-hydrogen) atoms. The van der Waals surface area contributed by atoms with Crippen LogP contribution in [-0.2, 0) is 0 Å². The number of hydrogen-bond donors (Lipinski definition) is 3. The van der Waals surface area contributed by atoms with Gasteiger partial charge in [0, 0.05) is 12.4 Å². The number of rotatable bonds is 1. The van der Waals surface area contributed by atoms with Gasteiger partial charge in [0.1, 0.15) is 0 Å². The molecule has 0 saturated heterocycles. The molecule has 0 unspecified atom stereocenters. The van der Waals surface area contributed by atoms with Crippen LogP contribution in [0.2, 0.25) is 0 Å². The van der Waals surface area contributed by atoms with Gasteiger partial charge < -0.3 is 5.32 Å². The van der Waals surface area contributed by atoms with E-state index in [-0.39, 0.29) is 0 Å². The molecule has 0 bridgehead atoms. The molecule has 0 amide bonds. The second kappa shape index (κ2) is 4.59. The molecule has 82 valence electrons. The summed E-state index contributed by atoms with van der Waals surface area (Å²) in [5.74, 6) is 5.78. The smallest absolute Gasteiger partial charge is 0.210 e. The lowest BCUT2D eigenvalue weighted by molar-refractivity contribution is 1.01. The number of anilines is 1. The summed E-state index contributed by atoms with van der Waals surface area (Å²) in [5.41, 5.74) is 4.27. The van der Waals surface area contributed by atoms with Gasteiger partial charge in [0.2, 0.25) is 5.96 Å². The summed E-state index contributed by atoms with van der Waals surface area (Å²) in [6.45, 7) is 0. The molecule has 0 aliphatic rings. The first kappa shape index (κ1) is 10.4. The van der Waals surface area contributed by atoms with Gasteiger partial charge in [0.05, 0.1) is 17.4 Å². The Labute approximate surface area is 93.4 Å². The summed E-state index contributed by atoms with van der Waals surface area (Å²) in [5, 5.41) is 4.09. The maximum atomic E-state index is 5.28. The summed E-state index contributed by atoms with van der Waals surface area (Å²) in [6, 6.07) is 9.90. The van der Waals surface area contributed by atoms with Gasteiger partial charge in [-0.15, -0.1) is 0 Å². The number of fused-ring (bicyclic) bond motifs is 1. The van der Waals surface area contributed by atoms with Crippen LogP contribution in [0.15, 0.2) is 41.5 Å². The Morgan fingerprint density at radius 2 is 2.19 bits per heavy atom. The van der Waals surface area contributed by atoms with Crippen LogP contribution < -0.4 is 16.6 Å². The number of aliphatic imine (C=N–C) groups is 1. The Morgan fingerprint density at radius 1 is 1.38 bits per heavy atom. The van der Waals surface area contributed by atoms with Crippen LogP contribution in [0.3, 0.4) is 0 Å². The van der Waals surface area contributed by atoms with E-state index in [2.05, 4.69) is 20.7 Å². The summed E-state index contributed by atoms with van der Waals surface area (Å²) in [4.78, 5) is 8.24. The first-order valence-electron chi connectivity index (χ1n) is 4.88. The van der Waals surface area contributed by atoms with Gasteiger partial charge in [0.15, 0.2) is 0 Å². The lowest BCUT2D eigenvalue weighted by atomic mass is 10.2. The first-order valence-corrected chi connectivity index (χ1v) is 4.88. The Bertz CT molecular complexity index is 521. The molecule has 1 aromatic heterocycles. The van der Waals surface area contributed by atoms with Crippen molar-refractivity contribution in [3.63, 3.8) is 0 Å². The minimum atomic E-state index is 0.497. The van der Waals surface area contributed by atoms with E-state index in [9.17, 15) is 0 Å². The zero-order chi connectivity index (χ0) is 11.4. The van der Waals surface area contributed by atoms with Crippen molar-refractivity contribution in [3.8, 4) is 0 Å². The number of para-hydroxylation sites is 1. The summed E-state index contributed by atoms with van der Waals surface area (Å²) in [7, 11) is 1.65. The molecule has 0 saturated carbocycles. The van der Waals surface area contributed by atoms with Crippen molar-refractivity contribution in [3.05, 3.63) is 36.5 Å². The van der Waals surface area contributed by atoms with E-state index in [4.69, 9.17) is 5.84 Å². The Morgan fingerprint density at radius 3 is 2.94 bits per heavy atom. The molecule has 0 atom stereocenters. The molecule has 0 fully saturated rings. The fourth-order valence-corrected chi connectivity index (χ4v) is 1.43. The van der Waals surface area contributed by atoms with Gasteiger partial charge in [0.25, 0.3) is 0 Å². The van der Waals surface area contributed by atoms with Crippen molar-refractivity contribution in [1.29, 1.82) is 0 Å². The standard InChI is InChI=1S/C11H13N5/c1-13-11(16-12)15-9-6-8-4-2-3-5-10(8)14-7-9/h2-7H,12H2,1H3,(H2,13,15,16). The van der Waals surface area contributed by atoms with Crippen molar-refractivity contribution in [2.24, 2.45) is 10.8 Å². The van der Waals surface area contributed by atoms with Crippen LogP contribution in [-0.4, -0.2) is 18.0 Å². The largest absolute Gasteiger partial charge is 0.324 e. The molecular weight excluding hydrogens is 202 g/mol. The normalized spacial score (nSPS) is 11.5. The highest BCUT2D eigenvalue weighted by atomic mass is 15.3. The van der Waals surface area contributed by atoms with Gasteiger partial charge in [-0.1, -0.05) is 18.2 Å². The third-order valence-corrected chi connectivity index (χ3v) is 2.21. The predicted molar refractivity (Wildman–Crippen MR) is 66.0 cm³/mol. The molecule has 0 aliphatic heterocycles. The lowest BCUT2D eigenvalue weighted by Gasteiger charge is -2.08. The Hall–Kier alpha value is -2.14. The number of nitrogens with two attached hydrogens (primary N) is 1. The average Bonchev–Trinajstić information content (AvgIpc) is 2.35. The van der Waals surface area contributed by atoms with Crippen LogP contribution >= 0.6 is 0 Å². The molecule has 1 heterocycles. The highest BCUT2D eigenvalue weighted by Gasteiger charge is 1.99. The second-order valence-electron chi connectivity index (χ2n) is 3.26. The molecule has 4 N–H and O–H groups in total. The zero-order valence-corrected chi connectivity index (χ0v) is 8.94. The number of hydrogen-bond acceptors (Lipinski definition) is 3. The van der Waals surface area contributed by atoms with Crippen molar-refractivity contribution < 1.29 is 0 Å². The second-order valence-corrected chi connectivity index (χ2v) is 3.26. The van der Waals surface area contributed by atoms with Gasteiger partial charge >= 0.3 is 0 Å². The third-order valence-electron chi connectivity index (χ3n) is 2.21. The van der Waals surface area contributed by atoms with Gasteiger partial charge in [-0.25, -0.2) is 5.84 Å². The van der Waals surface area contributed by atoms with E-state index in [1.807, 2.05) is 30.3 Å². The van der Waals surface area contributed by atoms with E-state index >= 15 is 0 Å². The van der Waals surface area contributed by atoms with Crippen LogP contribution in [0.1, 0.15) is 0 Å². The number of guanidine groups is 1. The minimum Gasteiger partial charge on any atom is -0.324 e. The van der Waals surface area contributed by atoms with E-state index in [0.29, 0.717) is 5.96 Å². The third kappa shape index (κ3) is 2.09. The van der Waals surface area contributed by atoms with Crippen molar-refractivity contribution in [1.82, 2.24) is 10.4 Å². The average molecular weight is 215 g/mol. The molecule has 1 aromatic carbocycles. The number of aromatic nitrogens is 1. The molecular formula is C11H13N5. The number of pyridine rings is 1. The Kier molecular flexibility index (Phi) is 2.98. The van der Waals surface area contributed by atoms with Crippen molar-refractivity contribution in [2.75, 3.05) is 12.4 Å². The number of nitrogens with zero attached hydrogens (tertiary/aromatic N) is 2. The molecule has 2 aromatic rings.